The van der Waals surface area contributed by atoms with Crippen molar-refractivity contribution in [2.24, 2.45) is 0 Å². The lowest BCUT2D eigenvalue weighted by Gasteiger charge is -2.18. The van der Waals surface area contributed by atoms with E-state index < -0.39 is 0 Å². The molecule has 0 aromatic carbocycles. The molecule has 0 amide bonds. The van der Waals surface area contributed by atoms with Gasteiger partial charge in [0, 0.05) is 37.4 Å². The number of aromatic nitrogens is 1. The Morgan fingerprint density at radius 1 is 1.39 bits per heavy atom. The zero-order valence-corrected chi connectivity index (χ0v) is 12.7. The molecule has 1 aliphatic heterocycles. The molecule has 18 heavy (non-hydrogen) atoms. The van der Waals surface area contributed by atoms with Gasteiger partial charge in [0.05, 0.1) is 12.3 Å². The van der Waals surface area contributed by atoms with Crippen LogP contribution in [0.25, 0.3) is 0 Å². The molecule has 1 aromatic rings. The molecule has 1 aromatic heterocycles. The molecular weight excluding hydrogens is 266 g/mol. The molecule has 0 radical (unpaired) electrons. The first kappa shape index (κ1) is 14.1. The summed E-state index contributed by atoms with van der Waals surface area (Å²) in [7, 11) is 3.70. The molecule has 6 heteroatoms. The maximum atomic E-state index is 5.23. The van der Waals surface area contributed by atoms with Gasteiger partial charge in [0.2, 0.25) is 0 Å². The number of thioether (sulfide) groups is 1. The van der Waals surface area contributed by atoms with E-state index in [-0.39, 0.29) is 0 Å². The van der Waals surface area contributed by atoms with Gasteiger partial charge >= 0.3 is 0 Å². The molecule has 102 valence electrons. The second kappa shape index (κ2) is 7.33. The predicted molar refractivity (Wildman–Crippen MR) is 79.7 cm³/mol. The summed E-state index contributed by atoms with van der Waals surface area (Å²) in [6.45, 7) is 3.73. The average molecular weight is 287 g/mol. The van der Waals surface area contributed by atoms with Gasteiger partial charge in [-0.15, -0.1) is 11.3 Å². The van der Waals surface area contributed by atoms with Crippen molar-refractivity contribution >= 4 is 28.2 Å². The summed E-state index contributed by atoms with van der Waals surface area (Å²) in [6.07, 6.45) is 1.26. The Labute approximate surface area is 117 Å². The Morgan fingerprint density at radius 2 is 2.28 bits per heavy atom. The summed E-state index contributed by atoms with van der Waals surface area (Å²) < 4.78 is 5.23. The fourth-order valence-electron chi connectivity index (χ4n) is 1.99. The van der Waals surface area contributed by atoms with Gasteiger partial charge in [-0.2, -0.15) is 11.8 Å². The van der Waals surface area contributed by atoms with Crippen molar-refractivity contribution in [3.63, 3.8) is 0 Å². The van der Waals surface area contributed by atoms with Crippen LogP contribution in [0.5, 0.6) is 0 Å². The van der Waals surface area contributed by atoms with E-state index in [0.29, 0.717) is 6.61 Å². The Balaban J connectivity index is 2.13. The number of ether oxygens (including phenoxy) is 1. The number of hydrogen-bond donors (Lipinski definition) is 1. The normalized spacial score (nSPS) is 16.9. The number of nitrogens with one attached hydrogen (secondary N) is 1. The average Bonchev–Trinajstić information content (AvgIpc) is 2.62. The van der Waals surface area contributed by atoms with Crippen molar-refractivity contribution in [1.29, 1.82) is 0 Å². The summed E-state index contributed by atoms with van der Waals surface area (Å²) >= 11 is 3.85. The molecule has 0 aliphatic carbocycles. The van der Waals surface area contributed by atoms with Crippen LogP contribution >= 0.6 is 23.1 Å². The van der Waals surface area contributed by atoms with Gasteiger partial charge in [-0.3, -0.25) is 0 Å². The lowest BCUT2D eigenvalue weighted by molar-refractivity contribution is 0.181. The van der Waals surface area contributed by atoms with Gasteiger partial charge in [0.15, 0.2) is 5.13 Å². The van der Waals surface area contributed by atoms with E-state index in [1.165, 1.54) is 22.8 Å². The van der Waals surface area contributed by atoms with E-state index in [4.69, 9.17) is 9.72 Å². The summed E-state index contributed by atoms with van der Waals surface area (Å²) in [5.74, 6) is 2.48. The van der Waals surface area contributed by atoms with E-state index in [2.05, 4.69) is 10.2 Å². The minimum atomic E-state index is 0.607. The first-order valence-electron chi connectivity index (χ1n) is 6.30. The molecular formula is C12H21N3OS2. The van der Waals surface area contributed by atoms with E-state index >= 15 is 0 Å². The summed E-state index contributed by atoms with van der Waals surface area (Å²) in [6, 6.07) is 0. The van der Waals surface area contributed by atoms with Crippen molar-refractivity contribution in [2.75, 3.05) is 43.7 Å². The molecule has 4 nitrogen and oxygen atoms in total. The highest BCUT2D eigenvalue weighted by Gasteiger charge is 2.17. The number of nitrogens with zero attached hydrogens (tertiary/aromatic N) is 2. The summed E-state index contributed by atoms with van der Waals surface area (Å²) in [5, 5.41) is 4.37. The third kappa shape index (κ3) is 3.60. The molecule has 0 saturated carbocycles. The van der Waals surface area contributed by atoms with Crippen molar-refractivity contribution in [3.05, 3.63) is 10.6 Å². The molecule has 1 N–H and O–H groups in total. The SMILES string of the molecule is CNCc1sc(N2CCCSCC2)nc1COC. The van der Waals surface area contributed by atoms with Gasteiger partial charge in [0.1, 0.15) is 0 Å². The number of rotatable bonds is 5. The van der Waals surface area contributed by atoms with Crippen LogP contribution < -0.4 is 10.2 Å². The molecule has 1 aliphatic rings. The molecule has 0 atom stereocenters. The van der Waals surface area contributed by atoms with Gasteiger partial charge < -0.3 is 15.0 Å². The van der Waals surface area contributed by atoms with Crippen LogP contribution in [0.1, 0.15) is 17.0 Å². The third-order valence-electron chi connectivity index (χ3n) is 2.88. The van der Waals surface area contributed by atoms with Crippen LogP contribution in [0.15, 0.2) is 0 Å². The lowest BCUT2D eigenvalue weighted by atomic mass is 10.4. The van der Waals surface area contributed by atoms with E-state index in [9.17, 15) is 0 Å². The van der Waals surface area contributed by atoms with E-state index in [0.717, 1.165) is 30.5 Å². The highest BCUT2D eigenvalue weighted by molar-refractivity contribution is 7.99. The second-order valence-electron chi connectivity index (χ2n) is 4.28. The smallest absolute Gasteiger partial charge is 0.185 e. The predicted octanol–water partition coefficient (Wildman–Crippen LogP) is 1.95. The zero-order valence-electron chi connectivity index (χ0n) is 11.1. The fourth-order valence-corrected chi connectivity index (χ4v) is 4.00. The minimum absolute atomic E-state index is 0.607. The van der Waals surface area contributed by atoms with Crippen molar-refractivity contribution in [3.8, 4) is 0 Å². The Morgan fingerprint density at radius 3 is 3.06 bits per heavy atom. The number of methoxy groups -OCH3 is 1. The van der Waals surface area contributed by atoms with Crippen LogP contribution in [0.2, 0.25) is 0 Å². The summed E-state index contributed by atoms with van der Waals surface area (Å²) in [5.41, 5.74) is 1.09. The van der Waals surface area contributed by atoms with E-state index in [1.807, 2.05) is 18.8 Å². The van der Waals surface area contributed by atoms with Gasteiger partial charge in [0.25, 0.3) is 0 Å². The maximum Gasteiger partial charge on any atom is 0.185 e. The Kier molecular flexibility index (Phi) is 5.75. The van der Waals surface area contributed by atoms with Crippen LogP contribution in [0.3, 0.4) is 0 Å². The van der Waals surface area contributed by atoms with Gasteiger partial charge in [-0.1, -0.05) is 0 Å². The highest BCUT2D eigenvalue weighted by Crippen LogP contribution is 2.28. The molecule has 0 bridgehead atoms. The quantitative estimate of drug-likeness (QED) is 0.896. The standard InChI is InChI=1S/C12H21N3OS2/c1-13-8-11-10(9-16-2)14-12(18-11)15-4-3-6-17-7-5-15/h13H,3-9H2,1-2H3. The van der Waals surface area contributed by atoms with Gasteiger partial charge in [-0.05, 0) is 19.2 Å². The lowest BCUT2D eigenvalue weighted by Crippen LogP contribution is -2.25. The molecule has 2 heterocycles. The molecule has 0 spiro atoms. The topological polar surface area (TPSA) is 37.4 Å². The maximum absolute atomic E-state index is 5.23. The molecule has 1 saturated heterocycles. The Bertz CT molecular complexity index is 339. The first-order valence-corrected chi connectivity index (χ1v) is 8.27. The second-order valence-corrected chi connectivity index (χ2v) is 6.57. The highest BCUT2D eigenvalue weighted by atomic mass is 32.2. The van der Waals surface area contributed by atoms with Crippen molar-refractivity contribution < 1.29 is 4.74 Å². The molecule has 2 rings (SSSR count). The van der Waals surface area contributed by atoms with Crippen LogP contribution in [0.4, 0.5) is 5.13 Å². The Hall–Kier alpha value is -0.300. The van der Waals surface area contributed by atoms with Crippen LogP contribution in [-0.4, -0.2) is 43.7 Å². The van der Waals surface area contributed by atoms with Crippen molar-refractivity contribution in [2.45, 2.75) is 19.6 Å². The zero-order chi connectivity index (χ0) is 12.8. The van der Waals surface area contributed by atoms with Crippen LogP contribution in [-0.2, 0) is 17.9 Å². The molecule has 0 unspecified atom stereocenters. The summed E-state index contributed by atoms with van der Waals surface area (Å²) in [4.78, 5) is 8.47. The van der Waals surface area contributed by atoms with Crippen molar-refractivity contribution in [1.82, 2.24) is 10.3 Å². The number of thiazole rings is 1. The van der Waals surface area contributed by atoms with E-state index in [1.54, 1.807) is 18.4 Å². The monoisotopic (exact) mass is 287 g/mol. The first-order chi connectivity index (χ1) is 8.85. The largest absolute Gasteiger partial charge is 0.378 e. The van der Waals surface area contributed by atoms with Crippen LogP contribution in [0, 0.1) is 0 Å². The fraction of sp³-hybridized carbons (Fsp3) is 0.750. The minimum Gasteiger partial charge on any atom is -0.378 e. The third-order valence-corrected chi connectivity index (χ3v) is 5.09. The molecule has 1 fully saturated rings. The number of anilines is 1. The number of hydrogen-bond acceptors (Lipinski definition) is 6. The van der Waals surface area contributed by atoms with Gasteiger partial charge in [-0.25, -0.2) is 4.98 Å².